The first-order valence-corrected chi connectivity index (χ1v) is 11.9. The Balaban J connectivity index is 1.70. The van der Waals surface area contributed by atoms with Crippen LogP contribution in [0.4, 0.5) is 5.69 Å². The van der Waals surface area contributed by atoms with Crippen LogP contribution in [0.5, 0.6) is 5.75 Å². The summed E-state index contributed by atoms with van der Waals surface area (Å²) in [7, 11) is -3.93. The van der Waals surface area contributed by atoms with Crippen molar-refractivity contribution in [2.75, 3.05) is 24.0 Å². The molecule has 1 amide bonds. The number of nitrogens with zero attached hydrogens (tertiary/aromatic N) is 1. The quantitative estimate of drug-likeness (QED) is 0.470. The summed E-state index contributed by atoms with van der Waals surface area (Å²) >= 11 is 5.85. The molecule has 0 aromatic heterocycles. The Morgan fingerprint density at radius 1 is 0.969 bits per heavy atom. The Morgan fingerprint density at radius 3 is 2.31 bits per heavy atom. The number of benzene rings is 3. The predicted molar refractivity (Wildman–Crippen MR) is 127 cm³/mol. The molecular formula is C24H25ClN2O4S. The fourth-order valence-electron chi connectivity index (χ4n) is 3.01. The minimum absolute atomic E-state index is 0.128. The lowest BCUT2D eigenvalue weighted by Gasteiger charge is -2.24. The van der Waals surface area contributed by atoms with E-state index in [1.807, 2.05) is 19.9 Å². The van der Waals surface area contributed by atoms with Crippen molar-refractivity contribution >= 4 is 33.2 Å². The number of hydrogen-bond acceptors (Lipinski definition) is 4. The molecule has 0 radical (unpaired) electrons. The van der Waals surface area contributed by atoms with Crippen molar-refractivity contribution in [1.29, 1.82) is 0 Å². The highest BCUT2D eigenvalue weighted by atomic mass is 35.5. The van der Waals surface area contributed by atoms with Crippen LogP contribution in [0.2, 0.25) is 5.02 Å². The number of rotatable bonds is 9. The summed E-state index contributed by atoms with van der Waals surface area (Å²) in [4.78, 5) is 12.7. The van der Waals surface area contributed by atoms with Crippen molar-refractivity contribution in [3.05, 3.63) is 88.9 Å². The first-order chi connectivity index (χ1) is 15.3. The van der Waals surface area contributed by atoms with Gasteiger partial charge in [-0.1, -0.05) is 41.4 Å². The van der Waals surface area contributed by atoms with Crippen LogP contribution in [0, 0.1) is 13.8 Å². The molecule has 0 bridgehead atoms. The van der Waals surface area contributed by atoms with E-state index in [1.165, 1.54) is 0 Å². The maximum absolute atomic E-state index is 13.3. The molecule has 6 nitrogen and oxygen atoms in total. The van der Waals surface area contributed by atoms with Crippen molar-refractivity contribution in [1.82, 2.24) is 5.32 Å². The molecule has 0 aliphatic heterocycles. The zero-order chi connectivity index (χ0) is 23.1. The second-order valence-corrected chi connectivity index (χ2v) is 9.61. The topological polar surface area (TPSA) is 75.7 Å². The summed E-state index contributed by atoms with van der Waals surface area (Å²) in [6.45, 7) is 3.87. The molecule has 1 N–H and O–H groups in total. The molecule has 0 unspecified atom stereocenters. The van der Waals surface area contributed by atoms with Crippen molar-refractivity contribution in [2.45, 2.75) is 18.7 Å². The van der Waals surface area contributed by atoms with Gasteiger partial charge in [0.2, 0.25) is 5.91 Å². The molecule has 0 aliphatic rings. The lowest BCUT2D eigenvalue weighted by Crippen LogP contribution is -2.42. The Hall–Kier alpha value is -3.03. The van der Waals surface area contributed by atoms with Crippen LogP contribution < -0.4 is 14.4 Å². The van der Waals surface area contributed by atoms with Crippen molar-refractivity contribution in [3.8, 4) is 5.75 Å². The van der Waals surface area contributed by atoms with Gasteiger partial charge in [-0.2, -0.15) is 0 Å². The van der Waals surface area contributed by atoms with Gasteiger partial charge in [-0.25, -0.2) is 8.42 Å². The number of carbonyl (C=O) groups excluding carboxylic acids is 1. The summed E-state index contributed by atoms with van der Waals surface area (Å²) in [6.07, 6.45) is 0. The van der Waals surface area contributed by atoms with Crippen LogP contribution >= 0.6 is 11.6 Å². The zero-order valence-electron chi connectivity index (χ0n) is 17.9. The summed E-state index contributed by atoms with van der Waals surface area (Å²) in [6, 6.07) is 20.5. The highest BCUT2D eigenvalue weighted by molar-refractivity contribution is 7.92. The lowest BCUT2D eigenvalue weighted by molar-refractivity contribution is -0.119. The smallest absolute Gasteiger partial charge is 0.264 e. The first-order valence-electron chi connectivity index (χ1n) is 10.1. The van der Waals surface area contributed by atoms with Gasteiger partial charge in [0.1, 0.15) is 18.9 Å². The molecule has 0 spiro atoms. The summed E-state index contributed by atoms with van der Waals surface area (Å²) < 4.78 is 33.4. The molecule has 0 saturated heterocycles. The van der Waals surface area contributed by atoms with Crippen LogP contribution in [0.3, 0.4) is 0 Å². The lowest BCUT2D eigenvalue weighted by atomic mass is 10.2. The highest BCUT2D eigenvalue weighted by Crippen LogP contribution is 2.24. The van der Waals surface area contributed by atoms with E-state index in [2.05, 4.69) is 5.32 Å². The Kier molecular flexibility index (Phi) is 7.77. The average Bonchev–Trinajstić information content (AvgIpc) is 2.76. The second kappa shape index (κ2) is 10.5. The SMILES string of the molecule is Cc1ccc(S(=O)(=O)N(CC(=O)NCCOc2ccc(Cl)cc2)c2cccc(C)c2)cc1. The molecule has 168 valence electrons. The van der Waals surface area contributed by atoms with Crippen LogP contribution in [0.1, 0.15) is 11.1 Å². The molecular weight excluding hydrogens is 448 g/mol. The minimum atomic E-state index is -3.93. The molecule has 0 fully saturated rings. The van der Waals surface area contributed by atoms with E-state index in [1.54, 1.807) is 66.7 Å². The third-order valence-corrected chi connectivity index (χ3v) is 6.73. The van der Waals surface area contributed by atoms with Crippen molar-refractivity contribution in [3.63, 3.8) is 0 Å². The Bertz CT molecular complexity index is 1160. The van der Waals surface area contributed by atoms with Crippen LogP contribution in [-0.2, 0) is 14.8 Å². The van der Waals surface area contributed by atoms with Gasteiger partial charge in [-0.05, 0) is 67.9 Å². The number of ether oxygens (including phenoxy) is 1. The van der Waals surface area contributed by atoms with E-state index in [0.29, 0.717) is 16.5 Å². The fourth-order valence-corrected chi connectivity index (χ4v) is 4.55. The molecule has 0 heterocycles. The molecule has 3 aromatic carbocycles. The van der Waals surface area contributed by atoms with Gasteiger partial charge in [0, 0.05) is 5.02 Å². The van der Waals surface area contributed by atoms with E-state index in [4.69, 9.17) is 16.3 Å². The predicted octanol–water partition coefficient (Wildman–Crippen LogP) is 4.35. The number of anilines is 1. The number of halogens is 1. The third kappa shape index (κ3) is 6.24. The summed E-state index contributed by atoms with van der Waals surface area (Å²) in [5.74, 6) is 0.203. The van der Waals surface area contributed by atoms with Gasteiger partial charge in [-0.3, -0.25) is 9.10 Å². The van der Waals surface area contributed by atoms with Gasteiger partial charge < -0.3 is 10.1 Å². The molecule has 0 atom stereocenters. The number of amides is 1. The van der Waals surface area contributed by atoms with Crippen molar-refractivity contribution in [2.24, 2.45) is 0 Å². The normalized spacial score (nSPS) is 11.1. The number of nitrogens with one attached hydrogen (secondary N) is 1. The minimum Gasteiger partial charge on any atom is -0.492 e. The number of aryl methyl sites for hydroxylation is 2. The van der Waals surface area contributed by atoms with E-state index < -0.39 is 15.9 Å². The van der Waals surface area contributed by atoms with E-state index in [-0.39, 0.29) is 24.6 Å². The number of sulfonamides is 1. The second-order valence-electron chi connectivity index (χ2n) is 7.32. The Morgan fingerprint density at radius 2 is 1.66 bits per heavy atom. The van der Waals surface area contributed by atoms with E-state index in [0.717, 1.165) is 15.4 Å². The average molecular weight is 473 g/mol. The molecule has 8 heteroatoms. The van der Waals surface area contributed by atoms with Crippen LogP contribution in [0.25, 0.3) is 0 Å². The number of hydrogen-bond donors (Lipinski definition) is 1. The number of carbonyl (C=O) groups is 1. The van der Waals surface area contributed by atoms with Crippen LogP contribution in [0.15, 0.2) is 77.7 Å². The standard InChI is InChI=1S/C24H25ClN2O4S/c1-18-6-12-23(13-7-18)32(29,30)27(21-5-3-4-19(2)16-21)17-24(28)26-14-15-31-22-10-8-20(25)9-11-22/h3-13,16H,14-15,17H2,1-2H3,(H,26,28). The molecule has 0 aliphatic carbocycles. The summed E-state index contributed by atoms with van der Waals surface area (Å²) in [5, 5.41) is 3.32. The van der Waals surface area contributed by atoms with Gasteiger partial charge in [0.15, 0.2) is 0 Å². The van der Waals surface area contributed by atoms with Crippen LogP contribution in [-0.4, -0.2) is 34.0 Å². The largest absolute Gasteiger partial charge is 0.492 e. The third-order valence-electron chi connectivity index (χ3n) is 4.69. The maximum atomic E-state index is 13.3. The molecule has 0 saturated carbocycles. The van der Waals surface area contributed by atoms with Crippen molar-refractivity contribution < 1.29 is 17.9 Å². The van der Waals surface area contributed by atoms with E-state index >= 15 is 0 Å². The van der Waals surface area contributed by atoms with Gasteiger partial charge in [0.05, 0.1) is 17.1 Å². The molecule has 3 rings (SSSR count). The first kappa shape index (κ1) is 23.6. The molecule has 3 aromatic rings. The summed E-state index contributed by atoms with van der Waals surface area (Å²) in [5.41, 5.74) is 2.27. The highest BCUT2D eigenvalue weighted by Gasteiger charge is 2.27. The fraction of sp³-hybridized carbons (Fsp3) is 0.208. The monoisotopic (exact) mass is 472 g/mol. The Labute approximate surface area is 193 Å². The zero-order valence-corrected chi connectivity index (χ0v) is 19.5. The molecule has 32 heavy (non-hydrogen) atoms. The van der Waals surface area contributed by atoms with Gasteiger partial charge in [0.25, 0.3) is 10.0 Å². The van der Waals surface area contributed by atoms with E-state index in [9.17, 15) is 13.2 Å². The van der Waals surface area contributed by atoms with Gasteiger partial charge in [-0.15, -0.1) is 0 Å². The van der Waals surface area contributed by atoms with Gasteiger partial charge >= 0.3 is 0 Å². The maximum Gasteiger partial charge on any atom is 0.264 e.